The van der Waals surface area contributed by atoms with Gasteiger partial charge in [-0.1, -0.05) is 31.2 Å². The SMILES string of the molecule is CC1CCN(CCCNCc2ccccc2C2CC2)CC1. The largest absolute Gasteiger partial charge is 0.313 e. The number of nitrogens with zero attached hydrogens (tertiary/aromatic N) is 1. The first-order chi connectivity index (χ1) is 10.3. The van der Waals surface area contributed by atoms with E-state index in [4.69, 9.17) is 0 Å². The van der Waals surface area contributed by atoms with Gasteiger partial charge in [0.25, 0.3) is 0 Å². The molecule has 1 saturated heterocycles. The predicted molar refractivity (Wildman–Crippen MR) is 89.6 cm³/mol. The summed E-state index contributed by atoms with van der Waals surface area (Å²) >= 11 is 0. The van der Waals surface area contributed by atoms with E-state index in [1.54, 1.807) is 5.56 Å². The third-order valence-electron chi connectivity index (χ3n) is 5.09. The van der Waals surface area contributed by atoms with E-state index in [-0.39, 0.29) is 0 Å². The quantitative estimate of drug-likeness (QED) is 0.768. The van der Waals surface area contributed by atoms with Gasteiger partial charge in [0.1, 0.15) is 0 Å². The van der Waals surface area contributed by atoms with Crippen LogP contribution in [0.15, 0.2) is 24.3 Å². The summed E-state index contributed by atoms with van der Waals surface area (Å²) in [6.45, 7) is 8.46. The molecule has 2 fully saturated rings. The Morgan fingerprint density at radius 2 is 1.86 bits per heavy atom. The van der Waals surface area contributed by atoms with Crippen LogP contribution in [0.25, 0.3) is 0 Å². The van der Waals surface area contributed by atoms with Crippen LogP contribution in [0.1, 0.15) is 56.1 Å². The fourth-order valence-electron chi connectivity index (χ4n) is 3.42. The highest BCUT2D eigenvalue weighted by atomic mass is 15.1. The van der Waals surface area contributed by atoms with E-state index in [0.29, 0.717) is 0 Å². The summed E-state index contributed by atoms with van der Waals surface area (Å²) in [5, 5.41) is 3.65. The first-order valence-corrected chi connectivity index (χ1v) is 8.84. The zero-order chi connectivity index (χ0) is 14.5. The van der Waals surface area contributed by atoms with E-state index in [0.717, 1.165) is 24.9 Å². The van der Waals surface area contributed by atoms with E-state index in [2.05, 4.69) is 41.4 Å². The molecule has 0 spiro atoms. The van der Waals surface area contributed by atoms with Gasteiger partial charge in [-0.25, -0.2) is 0 Å². The lowest BCUT2D eigenvalue weighted by Gasteiger charge is -2.30. The number of hydrogen-bond donors (Lipinski definition) is 1. The highest BCUT2D eigenvalue weighted by Gasteiger charge is 2.25. The van der Waals surface area contributed by atoms with E-state index in [1.807, 2.05) is 0 Å². The normalized spacial score (nSPS) is 20.8. The molecule has 1 aliphatic heterocycles. The fourth-order valence-corrected chi connectivity index (χ4v) is 3.42. The van der Waals surface area contributed by atoms with Gasteiger partial charge in [-0.05, 0) is 81.2 Å². The number of piperidine rings is 1. The molecule has 0 aromatic heterocycles. The summed E-state index contributed by atoms with van der Waals surface area (Å²) in [4.78, 5) is 2.64. The van der Waals surface area contributed by atoms with Crippen LogP contribution < -0.4 is 5.32 Å². The topological polar surface area (TPSA) is 15.3 Å². The molecule has 3 rings (SSSR count). The number of nitrogens with one attached hydrogen (secondary N) is 1. The van der Waals surface area contributed by atoms with Crippen molar-refractivity contribution in [1.82, 2.24) is 10.2 Å². The Hall–Kier alpha value is -0.860. The summed E-state index contributed by atoms with van der Waals surface area (Å²) in [6, 6.07) is 8.99. The maximum Gasteiger partial charge on any atom is 0.0208 e. The third kappa shape index (κ3) is 4.55. The smallest absolute Gasteiger partial charge is 0.0208 e. The molecule has 1 saturated carbocycles. The minimum Gasteiger partial charge on any atom is -0.313 e. The van der Waals surface area contributed by atoms with Crippen molar-refractivity contribution in [3.8, 4) is 0 Å². The zero-order valence-corrected chi connectivity index (χ0v) is 13.5. The highest BCUT2D eigenvalue weighted by molar-refractivity contribution is 5.33. The van der Waals surface area contributed by atoms with E-state index in [1.165, 1.54) is 57.3 Å². The predicted octanol–water partition coefficient (Wildman–Crippen LogP) is 3.78. The van der Waals surface area contributed by atoms with Gasteiger partial charge in [-0.3, -0.25) is 0 Å². The molecule has 0 radical (unpaired) electrons. The minimum atomic E-state index is 0.860. The molecule has 1 N–H and O–H groups in total. The number of benzene rings is 1. The Balaban J connectivity index is 1.33. The van der Waals surface area contributed by atoms with Crippen LogP contribution in [0, 0.1) is 5.92 Å². The molecule has 2 nitrogen and oxygen atoms in total. The van der Waals surface area contributed by atoms with Gasteiger partial charge in [-0.15, -0.1) is 0 Å². The van der Waals surface area contributed by atoms with Gasteiger partial charge in [-0.2, -0.15) is 0 Å². The molecular formula is C19H30N2. The molecule has 1 aromatic carbocycles. The molecule has 0 unspecified atom stereocenters. The van der Waals surface area contributed by atoms with E-state index in [9.17, 15) is 0 Å². The van der Waals surface area contributed by atoms with Crippen LogP contribution in [0.2, 0.25) is 0 Å². The van der Waals surface area contributed by atoms with E-state index >= 15 is 0 Å². The first-order valence-electron chi connectivity index (χ1n) is 8.84. The van der Waals surface area contributed by atoms with E-state index < -0.39 is 0 Å². The van der Waals surface area contributed by atoms with Crippen LogP contribution in [-0.2, 0) is 6.54 Å². The van der Waals surface area contributed by atoms with Gasteiger partial charge in [0, 0.05) is 6.54 Å². The summed E-state index contributed by atoms with van der Waals surface area (Å²) in [7, 11) is 0. The Morgan fingerprint density at radius 1 is 1.10 bits per heavy atom. The van der Waals surface area contributed by atoms with Crippen molar-refractivity contribution in [2.75, 3.05) is 26.2 Å². The average molecular weight is 286 g/mol. The van der Waals surface area contributed by atoms with Crippen molar-refractivity contribution in [2.45, 2.75) is 51.5 Å². The molecule has 1 aliphatic carbocycles. The molecule has 2 aliphatic rings. The van der Waals surface area contributed by atoms with Crippen LogP contribution in [0.5, 0.6) is 0 Å². The number of rotatable bonds is 7. The van der Waals surface area contributed by atoms with Crippen LogP contribution in [0.4, 0.5) is 0 Å². The van der Waals surface area contributed by atoms with Gasteiger partial charge < -0.3 is 10.2 Å². The van der Waals surface area contributed by atoms with Gasteiger partial charge in [0.05, 0.1) is 0 Å². The average Bonchev–Trinajstić information content (AvgIpc) is 3.34. The molecule has 1 heterocycles. The van der Waals surface area contributed by atoms with Crippen molar-refractivity contribution in [1.29, 1.82) is 0 Å². The Kier molecular flexibility index (Phi) is 5.32. The van der Waals surface area contributed by atoms with Crippen molar-refractivity contribution in [3.63, 3.8) is 0 Å². The molecule has 116 valence electrons. The first kappa shape index (κ1) is 15.1. The Morgan fingerprint density at radius 3 is 2.62 bits per heavy atom. The summed E-state index contributed by atoms with van der Waals surface area (Å²) < 4.78 is 0. The highest BCUT2D eigenvalue weighted by Crippen LogP contribution is 2.41. The van der Waals surface area contributed by atoms with Crippen molar-refractivity contribution in [3.05, 3.63) is 35.4 Å². The minimum absolute atomic E-state index is 0.860. The maximum atomic E-state index is 3.65. The monoisotopic (exact) mass is 286 g/mol. The molecule has 1 aromatic rings. The lowest BCUT2D eigenvalue weighted by molar-refractivity contribution is 0.190. The number of likely N-dealkylation sites (tertiary alicyclic amines) is 1. The van der Waals surface area contributed by atoms with Crippen molar-refractivity contribution >= 4 is 0 Å². The molecule has 2 heteroatoms. The molecule has 0 bridgehead atoms. The maximum absolute atomic E-state index is 3.65. The van der Waals surface area contributed by atoms with Gasteiger partial charge in [0.15, 0.2) is 0 Å². The number of hydrogen-bond acceptors (Lipinski definition) is 2. The van der Waals surface area contributed by atoms with Crippen LogP contribution >= 0.6 is 0 Å². The Bertz CT molecular complexity index is 431. The van der Waals surface area contributed by atoms with Gasteiger partial charge >= 0.3 is 0 Å². The lowest BCUT2D eigenvalue weighted by atomic mass is 9.99. The lowest BCUT2D eigenvalue weighted by Crippen LogP contribution is -2.34. The summed E-state index contributed by atoms with van der Waals surface area (Å²) in [5.41, 5.74) is 3.11. The third-order valence-corrected chi connectivity index (χ3v) is 5.09. The van der Waals surface area contributed by atoms with Crippen LogP contribution in [-0.4, -0.2) is 31.1 Å². The second kappa shape index (κ2) is 7.42. The second-order valence-electron chi connectivity index (χ2n) is 7.03. The Labute approximate surface area is 129 Å². The molecular weight excluding hydrogens is 256 g/mol. The van der Waals surface area contributed by atoms with Crippen LogP contribution in [0.3, 0.4) is 0 Å². The molecule has 21 heavy (non-hydrogen) atoms. The molecule has 0 atom stereocenters. The zero-order valence-electron chi connectivity index (χ0n) is 13.5. The summed E-state index contributed by atoms with van der Waals surface area (Å²) in [6.07, 6.45) is 6.85. The standard InChI is InChI=1S/C19H30N2/c1-16-9-13-21(14-10-16)12-4-11-20-15-18-5-2-3-6-19(18)17-7-8-17/h2-3,5-6,16-17,20H,4,7-15H2,1H3. The van der Waals surface area contributed by atoms with Gasteiger partial charge in [0.2, 0.25) is 0 Å². The summed E-state index contributed by atoms with van der Waals surface area (Å²) in [5.74, 6) is 1.80. The van der Waals surface area contributed by atoms with Crippen molar-refractivity contribution < 1.29 is 0 Å². The fraction of sp³-hybridized carbons (Fsp3) is 0.684. The second-order valence-corrected chi connectivity index (χ2v) is 7.03. The van der Waals surface area contributed by atoms with Crippen molar-refractivity contribution in [2.24, 2.45) is 5.92 Å². The molecule has 0 amide bonds.